The normalized spacial score (nSPS) is 14.3. The monoisotopic (exact) mass is 426 g/mol. The van der Waals surface area contributed by atoms with Gasteiger partial charge in [0.25, 0.3) is 0 Å². The van der Waals surface area contributed by atoms with Gasteiger partial charge in [0.15, 0.2) is 11.0 Å². The van der Waals surface area contributed by atoms with Crippen LogP contribution in [0, 0.1) is 6.92 Å². The van der Waals surface area contributed by atoms with Crippen molar-refractivity contribution >= 4 is 39.1 Å². The topological polar surface area (TPSA) is 95.7 Å². The summed E-state index contributed by atoms with van der Waals surface area (Å²) in [4.78, 5) is 11.9. The highest BCUT2D eigenvalue weighted by molar-refractivity contribution is 7.98. The van der Waals surface area contributed by atoms with E-state index in [1.807, 2.05) is 24.6 Å². The van der Waals surface area contributed by atoms with Crippen LogP contribution in [0.4, 0.5) is 5.82 Å². The molecule has 0 atom stereocenters. The average Bonchev–Trinajstić information content (AvgIpc) is 3.33. The number of rotatable bonds is 4. The third kappa shape index (κ3) is 3.32. The van der Waals surface area contributed by atoms with E-state index in [4.69, 9.17) is 15.1 Å². The zero-order valence-electron chi connectivity index (χ0n) is 16.4. The fraction of sp³-hybridized carbons (Fsp3) is 0.400. The summed E-state index contributed by atoms with van der Waals surface area (Å²) < 4.78 is 7.36. The Balaban J connectivity index is 1.40. The van der Waals surface area contributed by atoms with Gasteiger partial charge in [-0.2, -0.15) is 0 Å². The van der Waals surface area contributed by atoms with Gasteiger partial charge in [-0.15, -0.1) is 21.5 Å². The van der Waals surface area contributed by atoms with Gasteiger partial charge in [0.2, 0.25) is 0 Å². The number of thioether (sulfide) groups is 1. The number of anilines is 1. The van der Waals surface area contributed by atoms with Gasteiger partial charge in [-0.3, -0.25) is 0 Å². The quantitative estimate of drug-likeness (QED) is 0.378. The molecule has 0 fully saturated rings. The summed E-state index contributed by atoms with van der Waals surface area (Å²) in [6, 6.07) is 1.91. The molecule has 0 unspecified atom stereocenters. The number of nitrogens with two attached hydrogens (primary N) is 1. The summed E-state index contributed by atoms with van der Waals surface area (Å²) >= 11 is 3.35. The number of nitrogens with zero attached hydrogens (tertiary/aromatic N) is 5. The Labute approximate surface area is 176 Å². The number of furan rings is 1. The Hall–Kier alpha value is -2.39. The summed E-state index contributed by atoms with van der Waals surface area (Å²) in [6.45, 7) is 1.92. The lowest BCUT2D eigenvalue weighted by Crippen LogP contribution is -2.01. The molecule has 1 aliphatic carbocycles. The van der Waals surface area contributed by atoms with Crippen LogP contribution in [0.5, 0.6) is 0 Å². The van der Waals surface area contributed by atoms with Crippen molar-refractivity contribution in [1.82, 2.24) is 24.7 Å². The van der Waals surface area contributed by atoms with E-state index in [2.05, 4.69) is 15.2 Å². The second-order valence-electron chi connectivity index (χ2n) is 7.31. The number of hydrogen-bond donors (Lipinski definition) is 1. The number of aromatic nitrogens is 5. The molecule has 0 radical (unpaired) electrons. The molecule has 5 rings (SSSR count). The molecular weight excluding hydrogens is 404 g/mol. The minimum Gasteiger partial charge on any atom is -0.469 e. The molecule has 0 aromatic carbocycles. The summed E-state index contributed by atoms with van der Waals surface area (Å²) in [5.41, 5.74) is 8.70. The van der Waals surface area contributed by atoms with Crippen LogP contribution >= 0.6 is 23.1 Å². The van der Waals surface area contributed by atoms with Gasteiger partial charge in [0, 0.05) is 11.9 Å². The van der Waals surface area contributed by atoms with Crippen LogP contribution in [0.25, 0.3) is 21.6 Å². The lowest BCUT2D eigenvalue weighted by atomic mass is 10.1. The molecule has 0 spiro atoms. The zero-order valence-corrected chi connectivity index (χ0v) is 18.1. The van der Waals surface area contributed by atoms with Crippen LogP contribution < -0.4 is 5.73 Å². The van der Waals surface area contributed by atoms with Crippen molar-refractivity contribution in [3.8, 4) is 11.4 Å². The highest BCUT2D eigenvalue weighted by Crippen LogP contribution is 2.37. The predicted molar refractivity (Wildman–Crippen MR) is 116 cm³/mol. The third-order valence-corrected chi connectivity index (χ3v) is 7.61. The van der Waals surface area contributed by atoms with Crippen molar-refractivity contribution < 1.29 is 4.42 Å². The largest absolute Gasteiger partial charge is 0.469 e. The molecule has 150 valence electrons. The first-order valence-corrected chi connectivity index (χ1v) is 11.6. The molecule has 2 N–H and O–H groups in total. The minimum atomic E-state index is 0.596. The zero-order chi connectivity index (χ0) is 20.0. The van der Waals surface area contributed by atoms with E-state index < -0.39 is 0 Å². The summed E-state index contributed by atoms with van der Waals surface area (Å²) in [6.07, 6.45) is 7.65. The standard InChI is InChI=1S/C20H22N6OS2/c1-11-12(8-9-27-11)18-24-25-20(26(18)2)28-10-15-22-17(21)16-13-6-4-3-5-7-14(13)29-19(16)23-15/h8-9H,3-7,10H2,1-2H3,(H2,21,22,23). The Morgan fingerprint density at radius 3 is 2.90 bits per heavy atom. The first-order valence-electron chi connectivity index (χ1n) is 9.75. The van der Waals surface area contributed by atoms with E-state index in [9.17, 15) is 0 Å². The molecule has 0 amide bonds. The Bertz CT molecular complexity index is 1190. The van der Waals surface area contributed by atoms with Crippen LogP contribution in [0.15, 0.2) is 21.9 Å². The van der Waals surface area contributed by atoms with Crippen LogP contribution in [-0.2, 0) is 25.6 Å². The van der Waals surface area contributed by atoms with E-state index >= 15 is 0 Å². The van der Waals surface area contributed by atoms with Gasteiger partial charge in [0.1, 0.15) is 22.2 Å². The Morgan fingerprint density at radius 1 is 1.21 bits per heavy atom. The molecule has 29 heavy (non-hydrogen) atoms. The molecular formula is C20H22N6OS2. The third-order valence-electron chi connectivity index (χ3n) is 5.40. The van der Waals surface area contributed by atoms with Crippen molar-refractivity contribution in [1.29, 1.82) is 0 Å². The number of aryl methyl sites for hydroxylation is 3. The van der Waals surface area contributed by atoms with Crippen molar-refractivity contribution in [2.45, 2.75) is 49.9 Å². The lowest BCUT2D eigenvalue weighted by molar-refractivity contribution is 0.534. The number of hydrogen-bond acceptors (Lipinski definition) is 8. The van der Waals surface area contributed by atoms with E-state index in [0.29, 0.717) is 11.6 Å². The highest BCUT2D eigenvalue weighted by Gasteiger charge is 2.20. The predicted octanol–water partition coefficient (Wildman–Crippen LogP) is 4.53. The van der Waals surface area contributed by atoms with Crippen LogP contribution in [0.1, 0.15) is 41.3 Å². The molecule has 4 heterocycles. The first kappa shape index (κ1) is 18.6. The second-order valence-corrected chi connectivity index (χ2v) is 9.34. The van der Waals surface area contributed by atoms with Crippen LogP contribution in [-0.4, -0.2) is 24.7 Å². The number of fused-ring (bicyclic) bond motifs is 3. The minimum absolute atomic E-state index is 0.596. The number of nitrogen functional groups attached to an aromatic ring is 1. The van der Waals surface area contributed by atoms with Crippen LogP contribution in [0.2, 0.25) is 0 Å². The van der Waals surface area contributed by atoms with Crippen LogP contribution in [0.3, 0.4) is 0 Å². The van der Waals surface area contributed by atoms with Crippen molar-refractivity contribution in [2.75, 3.05) is 5.73 Å². The maximum Gasteiger partial charge on any atom is 0.191 e. The van der Waals surface area contributed by atoms with Gasteiger partial charge in [-0.05, 0) is 44.2 Å². The summed E-state index contributed by atoms with van der Waals surface area (Å²) in [5.74, 6) is 3.56. The molecule has 0 saturated heterocycles. The fourth-order valence-electron chi connectivity index (χ4n) is 3.89. The van der Waals surface area contributed by atoms with Crippen molar-refractivity contribution in [3.05, 3.63) is 34.4 Å². The molecule has 4 aromatic rings. The summed E-state index contributed by atoms with van der Waals surface area (Å²) in [5, 5.41) is 10.5. The smallest absolute Gasteiger partial charge is 0.191 e. The molecule has 0 aliphatic heterocycles. The second kappa shape index (κ2) is 7.46. The first-order chi connectivity index (χ1) is 14.1. The molecule has 4 aromatic heterocycles. The van der Waals surface area contributed by atoms with E-state index in [0.717, 1.165) is 51.2 Å². The molecule has 0 bridgehead atoms. The lowest BCUT2D eigenvalue weighted by Gasteiger charge is -2.05. The van der Waals surface area contributed by atoms with Gasteiger partial charge in [-0.25, -0.2) is 9.97 Å². The van der Waals surface area contributed by atoms with Gasteiger partial charge in [-0.1, -0.05) is 18.2 Å². The maximum atomic E-state index is 6.36. The molecule has 0 saturated carbocycles. The molecule has 7 nitrogen and oxygen atoms in total. The Morgan fingerprint density at radius 2 is 2.07 bits per heavy atom. The van der Waals surface area contributed by atoms with Crippen molar-refractivity contribution in [3.63, 3.8) is 0 Å². The fourth-order valence-corrected chi connectivity index (χ4v) is 5.95. The van der Waals surface area contributed by atoms with Gasteiger partial charge >= 0.3 is 0 Å². The molecule has 1 aliphatic rings. The maximum absolute atomic E-state index is 6.36. The van der Waals surface area contributed by atoms with Crippen molar-refractivity contribution in [2.24, 2.45) is 7.05 Å². The Kier molecular flexibility index (Phi) is 4.79. The van der Waals surface area contributed by atoms with E-state index in [1.54, 1.807) is 29.4 Å². The highest BCUT2D eigenvalue weighted by atomic mass is 32.2. The van der Waals surface area contributed by atoms with E-state index in [1.165, 1.54) is 29.7 Å². The average molecular weight is 427 g/mol. The van der Waals surface area contributed by atoms with E-state index in [-0.39, 0.29) is 0 Å². The van der Waals surface area contributed by atoms with Gasteiger partial charge in [0.05, 0.1) is 23.0 Å². The molecule has 9 heteroatoms. The van der Waals surface area contributed by atoms with Gasteiger partial charge < -0.3 is 14.7 Å². The summed E-state index contributed by atoms with van der Waals surface area (Å²) in [7, 11) is 1.96. The number of thiophene rings is 1. The SMILES string of the molecule is Cc1occc1-c1nnc(SCc2nc(N)c3c4c(sc3n2)CCCCC4)n1C.